The van der Waals surface area contributed by atoms with E-state index in [2.05, 4.69) is 0 Å². The maximum Gasteiger partial charge on any atom is 0.267 e. The van der Waals surface area contributed by atoms with Crippen molar-refractivity contribution in [3.8, 4) is 0 Å². The predicted octanol–water partition coefficient (Wildman–Crippen LogP) is 5.71. The van der Waals surface area contributed by atoms with E-state index in [0.29, 0.717) is 11.4 Å². The molecule has 0 unspecified atom stereocenters. The second-order valence-corrected chi connectivity index (χ2v) is 9.16. The van der Waals surface area contributed by atoms with Gasteiger partial charge in [0.25, 0.3) is 23.6 Å². The monoisotopic (exact) mass is 480 g/mol. The van der Waals surface area contributed by atoms with Gasteiger partial charge in [0.05, 0.1) is 27.5 Å². The van der Waals surface area contributed by atoms with Gasteiger partial charge in [-0.25, -0.2) is 9.80 Å². The van der Waals surface area contributed by atoms with Crippen LogP contribution in [-0.2, 0) is 0 Å². The van der Waals surface area contributed by atoms with E-state index >= 15 is 0 Å². The molecule has 4 aromatic carbocycles. The maximum absolute atomic E-state index is 13.6. The van der Waals surface area contributed by atoms with Gasteiger partial charge in [-0.3, -0.25) is 19.2 Å². The molecule has 0 aromatic heterocycles. The van der Waals surface area contributed by atoms with Gasteiger partial charge in [-0.15, -0.1) is 0 Å². The highest BCUT2D eigenvalue weighted by Crippen LogP contribution is 2.42. The molecule has 4 aromatic rings. The molecule has 2 aliphatic heterocycles. The molecule has 0 N–H and O–H groups in total. The van der Waals surface area contributed by atoms with Crippen LogP contribution >= 0.6 is 11.6 Å². The summed E-state index contributed by atoms with van der Waals surface area (Å²) in [7, 11) is 0. The van der Waals surface area contributed by atoms with Crippen molar-refractivity contribution in [3.05, 3.63) is 105 Å². The summed E-state index contributed by atoms with van der Waals surface area (Å²) >= 11 is 6.59. The number of rotatable bonds is 2. The largest absolute Gasteiger partial charge is 0.268 e. The van der Waals surface area contributed by atoms with Gasteiger partial charge in [0.15, 0.2) is 0 Å². The molecule has 2 aliphatic rings. The lowest BCUT2D eigenvalue weighted by Crippen LogP contribution is -2.43. The maximum atomic E-state index is 13.6. The molecule has 0 atom stereocenters. The van der Waals surface area contributed by atoms with E-state index in [9.17, 15) is 19.2 Å². The SMILES string of the molecule is Cc1ccc(N2C(=O)c3ccc4c5c(c(Cl)cc(c35)C2=O)C(=O)N(c2ccc(C)cc2)C4=O)cc1. The van der Waals surface area contributed by atoms with Crippen molar-refractivity contribution in [1.29, 1.82) is 0 Å². The van der Waals surface area contributed by atoms with Crippen LogP contribution in [-0.4, -0.2) is 23.6 Å². The third kappa shape index (κ3) is 2.90. The summed E-state index contributed by atoms with van der Waals surface area (Å²) < 4.78 is 0. The van der Waals surface area contributed by atoms with Crippen LogP contribution in [0.4, 0.5) is 11.4 Å². The molecule has 0 aliphatic carbocycles. The van der Waals surface area contributed by atoms with E-state index in [1.807, 2.05) is 38.1 Å². The van der Waals surface area contributed by atoms with Gasteiger partial charge >= 0.3 is 0 Å². The molecule has 0 saturated heterocycles. The number of amides is 4. The third-order valence-corrected chi connectivity index (χ3v) is 6.83. The molecule has 0 bridgehead atoms. The van der Waals surface area contributed by atoms with Crippen molar-refractivity contribution in [2.24, 2.45) is 0 Å². The molecule has 7 heteroatoms. The summed E-state index contributed by atoms with van der Waals surface area (Å²) in [4.78, 5) is 56.3. The average Bonchev–Trinajstić information content (AvgIpc) is 2.84. The fourth-order valence-corrected chi connectivity index (χ4v) is 5.07. The molecular formula is C28H17ClN2O4. The summed E-state index contributed by atoms with van der Waals surface area (Å²) in [6.07, 6.45) is 0. The Hall–Kier alpha value is -4.29. The summed E-state index contributed by atoms with van der Waals surface area (Å²) in [5.41, 5.74) is 3.55. The Morgan fingerprint density at radius 3 is 1.49 bits per heavy atom. The summed E-state index contributed by atoms with van der Waals surface area (Å²) in [5.74, 6) is -2.21. The average molecular weight is 481 g/mol. The van der Waals surface area contributed by atoms with E-state index in [0.717, 1.165) is 20.9 Å². The number of hydrogen-bond acceptors (Lipinski definition) is 4. The molecule has 0 fully saturated rings. The number of imide groups is 2. The zero-order chi connectivity index (χ0) is 24.6. The van der Waals surface area contributed by atoms with E-state index in [1.165, 1.54) is 18.2 Å². The molecule has 0 spiro atoms. The first-order valence-electron chi connectivity index (χ1n) is 11.0. The van der Waals surface area contributed by atoms with Gasteiger partial charge < -0.3 is 0 Å². The van der Waals surface area contributed by atoms with Crippen LogP contribution in [0.25, 0.3) is 10.8 Å². The van der Waals surface area contributed by atoms with Crippen LogP contribution in [0.5, 0.6) is 0 Å². The summed E-state index contributed by atoms with van der Waals surface area (Å²) in [5, 5.41) is 0.575. The van der Waals surface area contributed by atoms with Crippen LogP contribution < -0.4 is 9.80 Å². The van der Waals surface area contributed by atoms with Crippen LogP contribution in [0.2, 0.25) is 5.02 Å². The Bertz CT molecular complexity index is 1640. The second-order valence-electron chi connectivity index (χ2n) is 8.75. The molecule has 6 rings (SSSR count). The molecule has 4 amide bonds. The van der Waals surface area contributed by atoms with Gasteiger partial charge in [0.1, 0.15) is 0 Å². The lowest BCUT2D eigenvalue weighted by molar-refractivity contribution is 0.0873. The number of carbonyl (C=O) groups excluding carboxylic acids is 4. The third-order valence-electron chi connectivity index (χ3n) is 6.54. The van der Waals surface area contributed by atoms with Crippen molar-refractivity contribution in [3.63, 3.8) is 0 Å². The van der Waals surface area contributed by atoms with Gasteiger partial charge in [-0.2, -0.15) is 0 Å². The molecule has 0 radical (unpaired) electrons. The number of carbonyl (C=O) groups is 4. The lowest BCUT2D eigenvalue weighted by atomic mass is 9.85. The minimum atomic E-state index is -0.596. The number of aryl methyl sites for hydroxylation is 2. The van der Waals surface area contributed by atoms with Crippen molar-refractivity contribution < 1.29 is 19.2 Å². The highest BCUT2D eigenvalue weighted by atomic mass is 35.5. The number of benzene rings is 4. The van der Waals surface area contributed by atoms with Crippen LogP contribution in [0, 0.1) is 13.8 Å². The Morgan fingerprint density at radius 1 is 0.543 bits per heavy atom. The van der Waals surface area contributed by atoms with Gasteiger partial charge in [0, 0.05) is 21.9 Å². The van der Waals surface area contributed by atoms with E-state index in [1.54, 1.807) is 24.3 Å². The first-order chi connectivity index (χ1) is 16.8. The fraction of sp³-hybridized carbons (Fsp3) is 0.0714. The van der Waals surface area contributed by atoms with Crippen LogP contribution in [0.3, 0.4) is 0 Å². The van der Waals surface area contributed by atoms with Crippen molar-refractivity contribution in [1.82, 2.24) is 0 Å². The number of hydrogen-bond donors (Lipinski definition) is 0. The Morgan fingerprint density at radius 2 is 0.971 bits per heavy atom. The van der Waals surface area contributed by atoms with E-state index in [4.69, 9.17) is 11.6 Å². The van der Waals surface area contributed by atoms with E-state index < -0.39 is 23.6 Å². The number of halogens is 1. The second kappa shape index (κ2) is 7.35. The van der Waals surface area contributed by atoms with Crippen LogP contribution in [0.15, 0.2) is 66.7 Å². The predicted molar refractivity (Wildman–Crippen MR) is 134 cm³/mol. The lowest BCUT2D eigenvalue weighted by Gasteiger charge is -2.32. The molecule has 6 nitrogen and oxygen atoms in total. The first-order valence-corrected chi connectivity index (χ1v) is 11.4. The first kappa shape index (κ1) is 21.3. The quantitative estimate of drug-likeness (QED) is 0.344. The molecule has 0 saturated carbocycles. The van der Waals surface area contributed by atoms with Crippen molar-refractivity contribution >= 4 is 57.4 Å². The van der Waals surface area contributed by atoms with Crippen LogP contribution in [0.1, 0.15) is 52.6 Å². The van der Waals surface area contributed by atoms with Crippen molar-refractivity contribution in [2.75, 3.05) is 9.80 Å². The normalized spacial score (nSPS) is 14.8. The summed E-state index contributed by atoms with van der Waals surface area (Å²) in [6, 6.07) is 18.5. The minimum Gasteiger partial charge on any atom is -0.268 e. The highest BCUT2D eigenvalue weighted by Gasteiger charge is 2.42. The smallest absolute Gasteiger partial charge is 0.267 e. The molecule has 35 heavy (non-hydrogen) atoms. The van der Waals surface area contributed by atoms with Gasteiger partial charge in [-0.1, -0.05) is 47.0 Å². The van der Waals surface area contributed by atoms with Gasteiger partial charge in [0.2, 0.25) is 0 Å². The Labute approximate surface area is 205 Å². The fourth-order valence-electron chi connectivity index (χ4n) is 4.78. The topological polar surface area (TPSA) is 74.8 Å². The van der Waals surface area contributed by atoms with Crippen molar-refractivity contribution in [2.45, 2.75) is 13.8 Å². The minimum absolute atomic E-state index is 0.0482. The molecule has 170 valence electrons. The Balaban J connectivity index is 1.59. The van der Waals surface area contributed by atoms with E-state index in [-0.39, 0.29) is 38.0 Å². The zero-order valence-corrected chi connectivity index (χ0v) is 19.5. The standard InChI is InChI=1S/C28H17ClN2O4/c1-14-3-7-16(8-4-14)30-25(32)18-11-12-19-23-22(18)20(27(30)34)13-21(29)24(23)28(35)31(26(19)33)17-9-5-15(2)6-10-17/h3-13H,1-2H3. The van der Waals surface area contributed by atoms with Gasteiger partial charge in [-0.05, 0) is 56.3 Å². The number of nitrogens with zero attached hydrogens (tertiary/aromatic N) is 2. The summed E-state index contributed by atoms with van der Waals surface area (Å²) in [6.45, 7) is 3.82. The molecule has 2 heterocycles. The Kier molecular flexibility index (Phi) is 4.47. The zero-order valence-electron chi connectivity index (χ0n) is 18.8. The molecular weight excluding hydrogens is 464 g/mol. The highest BCUT2D eigenvalue weighted by molar-refractivity contribution is 6.46. The number of anilines is 2.